The summed E-state index contributed by atoms with van der Waals surface area (Å²) in [6.45, 7) is 0. The molecule has 17 heavy (non-hydrogen) atoms. The van der Waals surface area contributed by atoms with Crippen molar-refractivity contribution in [3.63, 3.8) is 0 Å². The smallest absolute Gasteiger partial charge is 0.298 e. The highest BCUT2D eigenvalue weighted by molar-refractivity contribution is 5.86. The van der Waals surface area contributed by atoms with Gasteiger partial charge in [0.15, 0.2) is 12.6 Å². The lowest BCUT2D eigenvalue weighted by Crippen LogP contribution is -2.13. The van der Waals surface area contributed by atoms with Gasteiger partial charge >= 0.3 is 6.18 Å². The largest absolute Gasteiger partial charge is 0.417 e. The Bertz CT molecular complexity index is 421. The Kier molecular flexibility index (Phi) is 3.59. The lowest BCUT2D eigenvalue weighted by atomic mass is 9.98. The van der Waals surface area contributed by atoms with Gasteiger partial charge in [0.2, 0.25) is 0 Å². The van der Waals surface area contributed by atoms with Crippen molar-refractivity contribution in [2.45, 2.75) is 12.6 Å². The van der Waals surface area contributed by atoms with E-state index in [-0.39, 0.29) is 12.6 Å². The maximum absolute atomic E-state index is 12.5. The first-order valence-corrected chi connectivity index (χ1v) is 4.25. The third kappa shape index (κ3) is 2.66. The molecule has 0 aliphatic carbocycles. The molecule has 2 nitrogen and oxygen atoms in total. The normalized spacial score (nSPS) is 11.6. The lowest BCUT2D eigenvalue weighted by Gasteiger charge is -2.13. The lowest BCUT2D eigenvalue weighted by molar-refractivity contribution is -0.138. The molecule has 1 aromatic rings. The second-order valence-corrected chi connectivity index (χ2v) is 3.11. The molecule has 0 saturated carbocycles. The average Bonchev–Trinajstić information content (AvgIpc) is 2.25. The van der Waals surface area contributed by atoms with Gasteiger partial charge in [-0.2, -0.15) is 13.2 Å². The number of hydrogen-bond acceptors (Lipinski definition) is 2. The summed E-state index contributed by atoms with van der Waals surface area (Å²) in [5.74, 6) is 0. The number of aldehydes is 2. The molecule has 0 radical (unpaired) electrons. The van der Waals surface area contributed by atoms with Crippen LogP contribution in [-0.4, -0.2) is 12.6 Å². The number of carbonyl (C=O) groups is 2. The van der Waals surface area contributed by atoms with E-state index in [0.29, 0.717) is 12.1 Å². The van der Waals surface area contributed by atoms with Gasteiger partial charge in [-0.05, 0) is 12.1 Å². The quantitative estimate of drug-likeness (QED) is 0.611. The minimum absolute atomic E-state index is 0.207. The van der Waals surface area contributed by atoms with E-state index in [4.69, 9.17) is 0 Å². The van der Waals surface area contributed by atoms with Crippen LogP contribution in [0, 0.1) is 0 Å². The Morgan fingerprint density at radius 1 is 1.00 bits per heavy atom. The molecule has 7 heteroatoms. The zero-order valence-corrected chi connectivity index (χ0v) is 8.09. The summed E-state index contributed by atoms with van der Waals surface area (Å²) >= 11 is 0. The molecule has 0 amide bonds. The molecule has 0 aliphatic heterocycles. The van der Waals surface area contributed by atoms with E-state index in [0.717, 1.165) is 0 Å². The molecule has 92 valence electrons. The van der Waals surface area contributed by atoms with Gasteiger partial charge < -0.3 is 0 Å². The van der Waals surface area contributed by atoms with E-state index in [2.05, 4.69) is 0 Å². The van der Waals surface area contributed by atoms with Crippen molar-refractivity contribution >= 4 is 12.6 Å². The molecule has 0 unspecified atom stereocenters. The van der Waals surface area contributed by atoms with Gasteiger partial charge in [-0.1, -0.05) is 0 Å². The highest BCUT2D eigenvalue weighted by Crippen LogP contribution is 2.35. The third-order valence-electron chi connectivity index (χ3n) is 2.01. The van der Waals surface area contributed by atoms with Crippen LogP contribution >= 0.6 is 0 Å². The first-order valence-electron chi connectivity index (χ1n) is 4.25. The Morgan fingerprint density at radius 2 is 1.41 bits per heavy atom. The Hall–Kier alpha value is -1.79. The molecular weight excluding hydrogens is 247 g/mol. The topological polar surface area (TPSA) is 34.1 Å². The summed E-state index contributed by atoms with van der Waals surface area (Å²) in [5, 5.41) is 0. The standard InChI is InChI=1S/C10H5F5O2/c11-9(12)5-1-6(3-16)8(10(13,14)15)7(2-5)4-17/h1-4,9H. The monoisotopic (exact) mass is 252 g/mol. The molecule has 0 aliphatic rings. The van der Waals surface area contributed by atoms with Gasteiger partial charge in [0.05, 0.1) is 5.56 Å². The molecule has 0 bridgehead atoms. The van der Waals surface area contributed by atoms with Crippen LogP contribution in [0.3, 0.4) is 0 Å². The molecule has 0 spiro atoms. The SMILES string of the molecule is O=Cc1cc(C(F)F)cc(C=O)c1C(F)(F)F. The fraction of sp³-hybridized carbons (Fsp3) is 0.200. The van der Waals surface area contributed by atoms with Crippen molar-refractivity contribution in [1.29, 1.82) is 0 Å². The summed E-state index contributed by atoms with van der Waals surface area (Å²) in [5.41, 5.74) is -4.25. The van der Waals surface area contributed by atoms with Crippen LogP contribution in [0.4, 0.5) is 22.0 Å². The van der Waals surface area contributed by atoms with E-state index in [9.17, 15) is 31.5 Å². The van der Waals surface area contributed by atoms with Crippen LogP contribution in [0.5, 0.6) is 0 Å². The highest BCUT2D eigenvalue weighted by atomic mass is 19.4. The number of benzene rings is 1. The van der Waals surface area contributed by atoms with Crippen LogP contribution < -0.4 is 0 Å². The zero-order valence-electron chi connectivity index (χ0n) is 8.09. The molecule has 0 saturated heterocycles. The number of hydrogen-bond donors (Lipinski definition) is 0. The van der Waals surface area contributed by atoms with Crippen LogP contribution in [0.15, 0.2) is 12.1 Å². The van der Waals surface area contributed by atoms with Crippen LogP contribution in [-0.2, 0) is 6.18 Å². The minimum atomic E-state index is -4.95. The van der Waals surface area contributed by atoms with E-state index in [1.54, 1.807) is 0 Å². The molecule has 0 aromatic heterocycles. The maximum atomic E-state index is 12.5. The van der Waals surface area contributed by atoms with Gasteiger partial charge in [0.25, 0.3) is 6.43 Å². The predicted molar refractivity (Wildman–Crippen MR) is 47.2 cm³/mol. The summed E-state index contributed by atoms with van der Waals surface area (Å²) in [6, 6.07) is 0.848. The van der Waals surface area contributed by atoms with Gasteiger partial charge in [0, 0.05) is 16.7 Å². The molecule has 0 N–H and O–H groups in total. The first-order chi connectivity index (χ1) is 7.81. The summed E-state index contributed by atoms with van der Waals surface area (Å²) in [7, 11) is 0. The Labute approximate surface area is 92.0 Å². The average molecular weight is 252 g/mol. The Balaban J connectivity index is 3.59. The maximum Gasteiger partial charge on any atom is 0.417 e. The summed E-state index contributed by atoms with van der Waals surface area (Å²) in [4.78, 5) is 20.9. The van der Waals surface area contributed by atoms with E-state index in [1.807, 2.05) is 0 Å². The van der Waals surface area contributed by atoms with Crippen molar-refractivity contribution in [2.24, 2.45) is 0 Å². The molecule has 0 atom stereocenters. The van der Waals surface area contributed by atoms with Crippen LogP contribution in [0.2, 0.25) is 0 Å². The van der Waals surface area contributed by atoms with Crippen molar-refractivity contribution in [1.82, 2.24) is 0 Å². The minimum Gasteiger partial charge on any atom is -0.298 e. The summed E-state index contributed by atoms with van der Waals surface area (Å²) in [6.07, 6.45) is -8.43. The number of carbonyl (C=O) groups excluding carboxylic acids is 2. The number of rotatable bonds is 3. The van der Waals surface area contributed by atoms with Crippen LogP contribution in [0.25, 0.3) is 0 Å². The Morgan fingerprint density at radius 3 is 1.65 bits per heavy atom. The molecule has 1 rings (SSSR count). The second-order valence-electron chi connectivity index (χ2n) is 3.11. The van der Waals surface area contributed by atoms with Crippen molar-refractivity contribution < 1.29 is 31.5 Å². The first kappa shape index (κ1) is 13.3. The van der Waals surface area contributed by atoms with Gasteiger partial charge in [0.1, 0.15) is 0 Å². The zero-order chi connectivity index (χ0) is 13.2. The fourth-order valence-electron chi connectivity index (χ4n) is 1.35. The molecular formula is C10H5F5O2. The fourth-order valence-corrected chi connectivity index (χ4v) is 1.35. The van der Waals surface area contributed by atoms with Gasteiger partial charge in [-0.25, -0.2) is 8.78 Å². The number of halogens is 5. The second kappa shape index (κ2) is 4.60. The molecule has 1 aromatic carbocycles. The predicted octanol–water partition coefficient (Wildman–Crippen LogP) is 3.27. The van der Waals surface area contributed by atoms with Crippen molar-refractivity contribution in [3.05, 3.63) is 34.4 Å². The van der Waals surface area contributed by atoms with E-state index >= 15 is 0 Å². The van der Waals surface area contributed by atoms with E-state index in [1.165, 1.54) is 0 Å². The van der Waals surface area contributed by atoms with Crippen LogP contribution in [0.1, 0.15) is 38.3 Å². The van der Waals surface area contributed by atoms with Crippen molar-refractivity contribution in [2.75, 3.05) is 0 Å². The van der Waals surface area contributed by atoms with Gasteiger partial charge in [-0.15, -0.1) is 0 Å². The molecule has 0 fully saturated rings. The van der Waals surface area contributed by atoms with Gasteiger partial charge in [-0.3, -0.25) is 9.59 Å². The highest BCUT2D eigenvalue weighted by Gasteiger charge is 2.36. The summed E-state index contributed by atoms with van der Waals surface area (Å²) < 4.78 is 62.2. The van der Waals surface area contributed by atoms with E-state index < -0.39 is 34.9 Å². The van der Waals surface area contributed by atoms with Crippen molar-refractivity contribution in [3.8, 4) is 0 Å². The number of alkyl halides is 5. The molecule has 0 heterocycles. The third-order valence-corrected chi connectivity index (χ3v) is 2.01.